The number of piperidine rings is 1. The third-order valence-electron chi connectivity index (χ3n) is 3.21. The number of rotatable bonds is 4. The first-order valence-electron chi connectivity index (χ1n) is 6.03. The van der Waals surface area contributed by atoms with Crippen molar-refractivity contribution < 1.29 is 9.59 Å². The molecule has 0 bridgehead atoms. The van der Waals surface area contributed by atoms with Crippen molar-refractivity contribution in [1.29, 1.82) is 0 Å². The van der Waals surface area contributed by atoms with Crippen molar-refractivity contribution in [3.8, 4) is 0 Å². The Morgan fingerprint density at radius 1 is 0.938 bits per heavy atom. The normalized spacial score (nSPS) is 22.1. The van der Waals surface area contributed by atoms with Gasteiger partial charge in [-0.15, -0.1) is 0 Å². The molecule has 2 aliphatic heterocycles. The summed E-state index contributed by atoms with van der Waals surface area (Å²) < 4.78 is 0. The van der Waals surface area contributed by atoms with Gasteiger partial charge < -0.3 is 4.90 Å². The largest absolute Gasteiger partial charge is 0.303 e. The first kappa shape index (κ1) is 11.3. The summed E-state index contributed by atoms with van der Waals surface area (Å²) >= 11 is 0. The van der Waals surface area contributed by atoms with Gasteiger partial charge in [0, 0.05) is 18.7 Å². The molecule has 2 aliphatic rings. The van der Waals surface area contributed by atoms with Crippen molar-refractivity contribution in [2.24, 2.45) is 0 Å². The molecule has 4 heteroatoms. The summed E-state index contributed by atoms with van der Waals surface area (Å²) in [5, 5.41) is 0. The van der Waals surface area contributed by atoms with Crippen LogP contribution in [0, 0.1) is 0 Å². The van der Waals surface area contributed by atoms with Gasteiger partial charge >= 0.3 is 0 Å². The molecule has 1 fully saturated rings. The van der Waals surface area contributed by atoms with Crippen molar-refractivity contribution in [3.05, 3.63) is 12.2 Å². The average molecular weight is 222 g/mol. The Morgan fingerprint density at radius 3 is 2.19 bits per heavy atom. The van der Waals surface area contributed by atoms with E-state index in [2.05, 4.69) is 4.90 Å². The zero-order valence-electron chi connectivity index (χ0n) is 9.52. The number of carbonyl (C=O) groups is 2. The maximum Gasteiger partial charge on any atom is 0.253 e. The van der Waals surface area contributed by atoms with Crippen LogP contribution in [0.25, 0.3) is 0 Å². The average Bonchev–Trinajstić information content (AvgIpc) is 2.62. The van der Waals surface area contributed by atoms with Gasteiger partial charge in [-0.2, -0.15) is 0 Å². The molecule has 0 aliphatic carbocycles. The standard InChI is InChI=1S/C12H18N2O2/c15-11-5-6-12(16)14(11)10-4-9-13-7-2-1-3-8-13/h5-6H,1-4,7-10H2. The molecule has 2 heterocycles. The van der Waals surface area contributed by atoms with Crippen molar-refractivity contribution in [1.82, 2.24) is 9.80 Å². The maximum absolute atomic E-state index is 11.3. The van der Waals surface area contributed by atoms with Crippen LogP contribution in [0.5, 0.6) is 0 Å². The predicted molar refractivity (Wildman–Crippen MR) is 60.8 cm³/mol. The lowest BCUT2D eigenvalue weighted by molar-refractivity contribution is -0.136. The van der Waals surface area contributed by atoms with E-state index in [0.717, 1.165) is 13.0 Å². The number of likely N-dealkylation sites (tertiary alicyclic amines) is 1. The number of imide groups is 1. The highest BCUT2D eigenvalue weighted by molar-refractivity contribution is 6.12. The molecule has 16 heavy (non-hydrogen) atoms. The topological polar surface area (TPSA) is 40.6 Å². The second-order valence-corrected chi connectivity index (χ2v) is 4.42. The summed E-state index contributed by atoms with van der Waals surface area (Å²) in [5.74, 6) is -0.327. The molecule has 0 aromatic carbocycles. The Morgan fingerprint density at radius 2 is 1.56 bits per heavy atom. The molecule has 0 unspecified atom stereocenters. The number of carbonyl (C=O) groups excluding carboxylic acids is 2. The number of hydrogen-bond donors (Lipinski definition) is 0. The molecule has 2 amide bonds. The van der Waals surface area contributed by atoms with E-state index < -0.39 is 0 Å². The predicted octanol–water partition coefficient (Wildman–Crippen LogP) is 0.787. The summed E-state index contributed by atoms with van der Waals surface area (Å²) in [4.78, 5) is 26.3. The first-order valence-corrected chi connectivity index (χ1v) is 6.03. The number of hydrogen-bond acceptors (Lipinski definition) is 3. The van der Waals surface area contributed by atoms with Crippen LogP contribution in [0.1, 0.15) is 25.7 Å². The highest BCUT2D eigenvalue weighted by Gasteiger charge is 2.22. The van der Waals surface area contributed by atoms with Crippen LogP contribution < -0.4 is 0 Å². The summed E-state index contributed by atoms with van der Waals surface area (Å²) in [6, 6.07) is 0. The summed E-state index contributed by atoms with van der Waals surface area (Å²) in [7, 11) is 0. The molecule has 0 aromatic rings. The second-order valence-electron chi connectivity index (χ2n) is 4.42. The van der Waals surface area contributed by atoms with Crippen LogP contribution in [-0.2, 0) is 9.59 Å². The number of nitrogens with zero attached hydrogens (tertiary/aromatic N) is 2. The molecule has 0 radical (unpaired) electrons. The second kappa shape index (κ2) is 5.25. The zero-order valence-corrected chi connectivity index (χ0v) is 9.52. The molecule has 0 atom stereocenters. The fraction of sp³-hybridized carbons (Fsp3) is 0.667. The van der Waals surface area contributed by atoms with E-state index in [1.165, 1.54) is 49.4 Å². The van der Waals surface area contributed by atoms with Gasteiger partial charge in [-0.3, -0.25) is 14.5 Å². The lowest BCUT2D eigenvalue weighted by Gasteiger charge is -2.26. The van der Waals surface area contributed by atoms with E-state index in [-0.39, 0.29) is 11.8 Å². The molecule has 1 saturated heterocycles. The van der Waals surface area contributed by atoms with Gasteiger partial charge in [-0.25, -0.2) is 0 Å². The van der Waals surface area contributed by atoms with Gasteiger partial charge in [0.25, 0.3) is 11.8 Å². The minimum atomic E-state index is -0.163. The van der Waals surface area contributed by atoms with Gasteiger partial charge in [-0.05, 0) is 38.9 Å². The smallest absolute Gasteiger partial charge is 0.253 e. The molecule has 0 saturated carbocycles. The minimum Gasteiger partial charge on any atom is -0.303 e. The van der Waals surface area contributed by atoms with E-state index in [1.807, 2.05) is 0 Å². The molecule has 4 nitrogen and oxygen atoms in total. The number of amides is 2. The molecular weight excluding hydrogens is 204 g/mol. The van der Waals surface area contributed by atoms with Crippen molar-refractivity contribution in [2.75, 3.05) is 26.2 Å². The van der Waals surface area contributed by atoms with Crippen LogP contribution in [0.15, 0.2) is 12.2 Å². The van der Waals surface area contributed by atoms with Gasteiger partial charge in [0.2, 0.25) is 0 Å². The fourth-order valence-corrected chi connectivity index (χ4v) is 2.29. The van der Waals surface area contributed by atoms with Crippen LogP contribution in [0.3, 0.4) is 0 Å². The zero-order chi connectivity index (χ0) is 11.4. The first-order chi connectivity index (χ1) is 7.77. The molecule has 0 spiro atoms. The quantitative estimate of drug-likeness (QED) is 0.660. The molecule has 2 rings (SSSR count). The SMILES string of the molecule is O=C1C=CC(=O)N1CCCN1CCCCC1. The highest BCUT2D eigenvalue weighted by atomic mass is 16.2. The Balaban J connectivity index is 1.67. The Labute approximate surface area is 95.9 Å². The van der Waals surface area contributed by atoms with Gasteiger partial charge in [0.05, 0.1) is 0 Å². The van der Waals surface area contributed by atoms with Crippen LogP contribution >= 0.6 is 0 Å². The monoisotopic (exact) mass is 222 g/mol. The van der Waals surface area contributed by atoms with Crippen molar-refractivity contribution >= 4 is 11.8 Å². The molecule has 0 aromatic heterocycles. The maximum atomic E-state index is 11.3. The lowest BCUT2D eigenvalue weighted by atomic mass is 10.1. The van der Waals surface area contributed by atoms with Crippen molar-refractivity contribution in [2.45, 2.75) is 25.7 Å². The Hall–Kier alpha value is -1.16. The third-order valence-corrected chi connectivity index (χ3v) is 3.21. The lowest BCUT2D eigenvalue weighted by Crippen LogP contribution is -2.35. The minimum absolute atomic E-state index is 0.163. The van der Waals surface area contributed by atoms with E-state index in [0.29, 0.717) is 6.54 Å². The summed E-state index contributed by atoms with van der Waals surface area (Å²) in [6.45, 7) is 3.89. The van der Waals surface area contributed by atoms with Crippen LogP contribution in [-0.4, -0.2) is 47.8 Å². The van der Waals surface area contributed by atoms with Gasteiger partial charge in [0.15, 0.2) is 0 Å². The third kappa shape index (κ3) is 2.70. The Bertz CT molecular complexity index is 288. The van der Waals surface area contributed by atoms with Crippen molar-refractivity contribution in [3.63, 3.8) is 0 Å². The van der Waals surface area contributed by atoms with E-state index in [4.69, 9.17) is 0 Å². The molecule has 0 N–H and O–H groups in total. The van der Waals surface area contributed by atoms with E-state index in [1.54, 1.807) is 0 Å². The highest BCUT2D eigenvalue weighted by Crippen LogP contribution is 2.10. The van der Waals surface area contributed by atoms with E-state index in [9.17, 15) is 9.59 Å². The van der Waals surface area contributed by atoms with Crippen LogP contribution in [0.4, 0.5) is 0 Å². The fourth-order valence-electron chi connectivity index (χ4n) is 2.29. The van der Waals surface area contributed by atoms with Crippen LogP contribution in [0.2, 0.25) is 0 Å². The Kier molecular flexibility index (Phi) is 3.72. The van der Waals surface area contributed by atoms with Gasteiger partial charge in [0.1, 0.15) is 0 Å². The molecule has 88 valence electrons. The summed E-state index contributed by atoms with van der Waals surface area (Å²) in [5.41, 5.74) is 0. The summed E-state index contributed by atoms with van der Waals surface area (Å²) in [6.07, 6.45) is 7.49. The van der Waals surface area contributed by atoms with E-state index >= 15 is 0 Å². The molecular formula is C12H18N2O2. The van der Waals surface area contributed by atoms with Gasteiger partial charge in [-0.1, -0.05) is 6.42 Å².